The number of likely N-dealkylation sites (tertiary alicyclic amines) is 1. The molecular weight excluding hydrogens is 297 g/mol. The third-order valence-electron chi connectivity index (χ3n) is 3.85. The van der Waals surface area contributed by atoms with Crippen LogP contribution in [0.4, 0.5) is 13.2 Å². The molecule has 0 spiro atoms. The van der Waals surface area contributed by atoms with Gasteiger partial charge in [0.2, 0.25) is 0 Å². The molecule has 4 nitrogen and oxygen atoms in total. The molecule has 0 bridgehead atoms. The van der Waals surface area contributed by atoms with Gasteiger partial charge in [0, 0.05) is 19.6 Å². The average molecular weight is 314 g/mol. The van der Waals surface area contributed by atoms with E-state index in [4.69, 9.17) is 10.00 Å². The van der Waals surface area contributed by atoms with Crippen LogP contribution in [0, 0.1) is 11.3 Å². The number of benzene rings is 1. The van der Waals surface area contributed by atoms with Gasteiger partial charge in [0.05, 0.1) is 11.6 Å². The molecule has 1 heterocycles. The zero-order valence-corrected chi connectivity index (χ0v) is 11.9. The summed E-state index contributed by atoms with van der Waals surface area (Å²) in [6.07, 6.45) is -5.21. The molecule has 1 aliphatic rings. The largest absolute Gasteiger partial charge is 0.492 e. The van der Waals surface area contributed by atoms with E-state index in [-0.39, 0.29) is 25.9 Å². The number of hydrogen-bond acceptors (Lipinski definition) is 4. The standard InChI is InChI=1S/C15H17F3N2O2/c16-15(17,18)14(21)4-6-20(7-5-14)8-9-22-13-3-1-2-12(10-13)11-19/h1-3,10,21H,4-9H2. The van der Waals surface area contributed by atoms with E-state index in [1.54, 1.807) is 24.3 Å². The summed E-state index contributed by atoms with van der Waals surface area (Å²) < 4.78 is 43.5. The molecule has 2 rings (SSSR count). The van der Waals surface area contributed by atoms with Gasteiger partial charge in [0.25, 0.3) is 0 Å². The van der Waals surface area contributed by atoms with Crippen molar-refractivity contribution < 1.29 is 23.0 Å². The van der Waals surface area contributed by atoms with E-state index in [2.05, 4.69) is 0 Å². The van der Waals surface area contributed by atoms with Gasteiger partial charge in [-0.25, -0.2) is 0 Å². The second kappa shape index (κ2) is 6.55. The van der Waals surface area contributed by atoms with Gasteiger partial charge in [0.1, 0.15) is 12.4 Å². The number of rotatable bonds is 4. The van der Waals surface area contributed by atoms with Crippen LogP contribution in [0.5, 0.6) is 5.75 Å². The highest BCUT2D eigenvalue weighted by Gasteiger charge is 2.54. The zero-order valence-electron chi connectivity index (χ0n) is 11.9. The maximum absolute atomic E-state index is 12.7. The molecule has 0 atom stereocenters. The number of ether oxygens (including phenoxy) is 1. The van der Waals surface area contributed by atoms with Crippen LogP contribution in [-0.2, 0) is 0 Å². The number of piperidine rings is 1. The third kappa shape index (κ3) is 3.90. The van der Waals surface area contributed by atoms with Gasteiger partial charge in [-0.05, 0) is 31.0 Å². The maximum atomic E-state index is 12.7. The lowest BCUT2D eigenvalue weighted by Crippen LogP contribution is -2.53. The van der Waals surface area contributed by atoms with Crippen molar-refractivity contribution in [3.05, 3.63) is 29.8 Å². The fraction of sp³-hybridized carbons (Fsp3) is 0.533. The topological polar surface area (TPSA) is 56.5 Å². The molecular formula is C15H17F3N2O2. The first-order valence-electron chi connectivity index (χ1n) is 6.98. The van der Waals surface area contributed by atoms with Crippen molar-refractivity contribution in [1.29, 1.82) is 5.26 Å². The number of nitriles is 1. The smallest absolute Gasteiger partial charge is 0.417 e. The van der Waals surface area contributed by atoms with Gasteiger partial charge in [-0.1, -0.05) is 6.07 Å². The summed E-state index contributed by atoms with van der Waals surface area (Å²) in [7, 11) is 0. The molecule has 0 radical (unpaired) electrons. The summed E-state index contributed by atoms with van der Waals surface area (Å²) in [6.45, 7) is 1.15. The lowest BCUT2D eigenvalue weighted by atomic mass is 9.91. The highest BCUT2D eigenvalue weighted by Crippen LogP contribution is 2.38. The van der Waals surface area contributed by atoms with E-state index in [0.717, 1.165) is 0 Å². The minimum absolute atomic E-state index is 0.178. The molecule has 22 heavy (non-hydrogen) atoms. The van der Waals surface area contributed by atoms with Gasteiger partial charge < -0.3 is 9.84 Å². The van der Waals surface area contributed by atoms with E-state index in [1.165, 1.54) is 0 Å². The molecule has 1 aromatic carbocycles. The highest BCUT2D eigenvalue weighted by atomic mass is 19.4. The van der Waals surface area contributed by atoms with Gasteiger partial charge in [-0.15, -0.1) is 0 Å². The molecule has 0 amide bonds. The summed E-state index contributed by atoms with van der Waals surface area (Å²) in [5.74, 6) is 0.558. The molecule has 0 saturated carbocycles. The summed E-state index contributed by atoms with van der Waals surface area (Å²) in [5.41, 5.74) is -2.07. The molecule has 0 unspecified atom stereocenters. The van der Waals surface area contributed by atoms with Crippen molar-refractivity contribution in [2.45, 2.75) is 24.6 Å². The number of aliphatic hydroxyl groups is 1. The Morgan fingerprint density at radius 3 is 2.59 bits per heavy atom. The van der Waals surface area contributed by atoms with Gasteiger partial charge in [0.15, 0.2) is 5.60 Å². The van der Waals surface area contributed by atoms with Crippen molar-refractivity contribution in [2.24, 2.45) is 0 Å². The van der Waals surface area contributed by atoms with Crippen LogP contribution in [0.25, 0.3) is 0 Å². The molecule has 1 aliphatic heterocycles. The van der Waals surface area contributed by atoms with Crippen molar-refractivity contribution in [2.75, 3.05) is 26.2 Å². The van der Waals surface area contributed by atoms with Crippen molar-refractivity contribution in [1.82, 2.24) is 4.90 Å². The summed E-state index contributed by atoms with van der Waals surface area (Å²) in [6, 6.07) is 8.71. The normalized spacial score (nSPS) is 18.7. The second-order valence-electron chi connectivity index (χ2n) is 5.36. The monoisotopic (exact) mass is 314 g/mol. The van der Waals surface area contributed by atoms with E-state index in [9.17, 15) is 18.3 Å². The quantitative estimate of drug-likeness (QED) is 0.927. The third-order valence-corrected chi connectivity index (χ3v) is 3.85. The van der Waals surface area contributed by atoms with E-state index < -0.39 is 11.8 Å². The number of nitrogens with zero attached hydrogens (tertiary/aromatic N) is 2. The minimum Gasteiger partial charge on any atom is -0.492 e. The predicted octanol–water partition coefficient (Wildman–Crippen LogP) is 2.33. The van der Waals surface area contributed by atoms with Crippen molar-refractivity contribution in [3.8, 4) is 11.8 Å². The van der Waals surface area contributed by atoms with Crippen LogP contribution >= 0.6 is 0 Å². The average Bonchev–Trinajstić information content (AvgIpc) is 2.48. The van der Waals surface area contributed by atoms with Crippen LogP contribution in [0.2, 0.25) is 0 Å². The van der Waals surface area contributed by atoms with Crippen LogP contribution in [0.3, 0.4) is 0 Å². The summed E-state index contributed by atoms with van der Waals surface area (Å²) >= 11 is 0. The molecule has 1 saturated heterocycles. The van der Waals surface area contributed by atoms with E-state index >= 15 is 0 Å². The molecule has 120 valence electrons. The fourth-order valence-electron chi connectivity index (χ4n) is 2.38. The van der Waals surface area contributed by atoms with Crippen molar-refractivity contribution in [3.63, 3.8) is 0 Å². The predicted molar refractivity (Wildman–Crippen MR) is 73.3 cm³/mol. The summed E-state index contributed by atoms with van der Waals surface area (Å²) in [5, 5.41) is 18.3. The molecule has 7 heteroatoms. The SMILES string of the molecule is N#Cc1cccc(OCCN2CCC(O)(C(F)(F)F)CC2)c1. The Bertz CT molecular complexity index is 546. The molecule has 1 aromatic rings. The van der Waals surface area contributed by atoms with E-state index in [1.807, 2.05) is 11.0 Å². The van der Waals surface area contributed by atoms with Crippen molar-refractivity contribution >= 4 is 0 Å². The first-order valence-corrected chi connectivity index (χ1v) is 6.98. The molecule has 1 fully saturated rings. The Hall–Kier alpha value is -1.78. The molecule has 1 N–H and O–H groups in total. The van der Waals surface area contributed by atoms with Gasteiger partial charge >= 0.3 is 6.18 Å². The summed E-state index contributed by atoms with van der Waals surface area (Å²) in [4.78, 5) is 1.83. The lowest BCUT2D eigenvalue weighted by Gasteiger charge is -2.39. The second-order valence-corrected chi connectivity index (χ2v) is 5.36. The Morgan fingerprint density at radius 2 is 2.00 bits per heavy atom. The number of halogens is 3. The van der Waals surface area contributed by atoms with Gasteiger partial charge in [-0.3, -0.25) is 4.90 Å². The first kappa shape index (κ1) is 16.6. The van der Waals surface area contributed by atoms with Crippen LogP contribution in [0.1, 0.15) is 18.4 Å². The van der Waals surface area contributed by atoms with Crippen LogP contribution in [-0.4, -0.2) is 48.0 Å². The Balaban J connectivity index is 1.77. The highest BCUT2D eigenvalue weighted by molar-refractivity contribution is 5.36. The van der Waals surface area contributed by atoms with Crippen LogP contribution in [0.15, 0.2) is 24.3 Å². The Labute approximate surface area is 126 Å². The van der Waals surface area contributed by atoms with Crippen LogP contribution < -0.4 is 4.74 Å². The van der Waals surface area contributed by atoms with E-state index in [0.29, 0.717) is 24.5 Å². The number of hydrogen-bond donors (Lipinski definition) is 1. The maximum Gasteiger partial charge on any atom is 0.417 e. The van der Waals surface area contributed by atoms with Gasteiger partial charge in [-0.2, -0.15) is 18.4 Å². The fourth-order valence-corrected chi connectivity index (χ4v) is 2.38. The molecule has 0 aliphatic carbocycles. The molecule has 0 aromatic heterocycles. The Morgan fingerprint density at radius 1 is 1.32 bits per heavy atom. The lowest BCUT2D eigenvalue weighted by molar-refractivity contribution is -0.272. The first-order chi connectivity index (χ1) is 10.3. The minimum atomic E-state index is -4.58. The Kier molecular flexibility index (Phi) is 4.94. The number of alkyl halides is 3. The zero-order chi connectivity index (χ0) is 16.2.